The lowest BCUT2D eigenvalue weighted by atomic mass is 10.1. The number of hydrogen-bond acceptors (Lipinski definition) is 2. The molecule has 20 heavy (non-hydrogen) atoms. The van der Waals surface area contributed by atoms with Crippen molar-refractivity contribution in [3.8, 4) is 0 Å². The van der Waals surface area contributed by atoms with Gasteiger partial charge in [-0.1, -0.05) is 44.2 Å². The molecular formula is C18H30N2. The van der Waals surface area contributed by atoms with Crippen molar-refractivity contribution in [2.75, 3.05) is 20.1 Å². The highest BCUT2D eigenvalue weighted by Gasteiger charge is 2.00. The molecule has 0 aliphatic rings. The van der Waals surface area contributed by atoms with Crippen LogP contribution in [0.2, 0.25) is 0 Å². The summed E-state index contributed by atoms with van der Waals surface area (Å²) in [6, 6.07) is 8.97. The van der Waals surface area contributed by atoms with Crippen LogP contribution in [0, 0.1) is 5.92 Å². The molecule has 112 valence electrons. The molecule has 1 aromatic rings. The molecule has 2 nitrogen and oxygen atoms in total. The first-order chi connectivity index (χ1) is 9.61. The van der Waals surface area contributed by atoms with Gasteiger partial charge in [0, 0.05) is 13.1 Å². The van der Waals surface area contributed by atoms with Crippen LogP contribution in [0.15, 0.2) is 36.9 Å². The Morgan fingerprint density at radius 1 is 1.20 bits per heavy atom. The zero-order valence-electron chi connectivity index (χ0n) is 13.4. The third-order valence-corrected chi connectivity index (χ3v) is 3.31. The summed E-state index contributed by atoms with van der Waals surface area (Å²) in [5.41, 5.74) is 2.75. The quantitative estimate of drug-likeness (QED) is 0.515. The second-order valence-corrected chi connectivity index (χ2v) is 6.01. The summed E-state index contributed by atoms with van der Waals surface area (Å²) in [4.78, 5) is 2.37. The Kier molecular flexibility index (Phi) is 8.24. The van der Waals surface area contributed by atoms with E-state index in [0.717, 1.165) is 32.6 Å². The van der Waals surface area contributed by atoms with Crippen LogP contribution in [-0.2, 0) is 13.1 Å². The minimum absolute atomic E-state index is 0.707. The third-order valence-electron chi connectivity index (χ3n) is 3.31. The number of rotatable bonds is 10. The fourth-order valence-corrected chi connectivity index (χ4v) is 2.16. The number of nitrogens with one attached hydrogen (secondary N) is 1. The molecule has 0 saturated carbocycles. The van der Waals surface area contributed by atoms with Crippen molar-refractivity contribution < 1.29 is 0 Å². The first kappa shape index (κ1) is 16.9. The SMILES string of the molecule is C=CCCCN(C)Cc1ccc(CNCC(C)C)cc1. The molecule has 0 aliphatic heterocycles. The summed E-state index contributed by atoms with van der Waals surface area (Å²) in [6.45, 7) is 12.4. The molecule has 0 aliphatic carbocycles. The molecule has 0 radical (unpaired) electrons. The Morgan fingerprint density at radius 3 is 2.45 bits per heavy atom. The summed E-state index contributed by atoms with van der Waals surface area (Å²) < 4.78 is 0. The van der Waals surface area contributed by atoms with E-state index in [1.54, 1.807) is 0 Å². The maximum Gasteiger partial charge on any atom is 0.0230 e. The largest absolute Gasteiger partial charge is 0.312 e. The fourth-order valence-electron chi connectivity index (χ4n) is 2.16. The molecule has 1 rings (SSSR count). The average molecular weight is 274 g/mol. The first-order valence-corrected chi connectivity index (χ1v) is 7.69. The lowest BCUT2D eigenvalue weighted by molar-refractivity contribution is 0.323. The van der Waals surface area contributed by atoms with Crippen molar-refractivity contribution in [3.63, 3.8) is 0 Å². The van der Waals surface area contributed by atoms with Gasteiger partial charge in [-0.15, -0.1) is 6.58 Å². The molecule has 2 heteroatoms. The van der Waals surface area contributed by atoms with E-state index in [1.807, 2.05) is 6.08 Å². The molecule has 0 amide bonds. The van der Waals surface area contributed by atoms with Crippen LogP contribution >= 0.6 is 0 Å². The van der Waals surface area contributed by atoms with Gasteiger partial charge in [0.1, 0.15) is 0 Å². The molecular weight excluding hydrogens is 244 g/mol. The van der Waals surface area contributed by atoms with Crippen molar-refractivity contribution in [3.05, 3.63) is 48.0 Å². The Morgan fingerprint density at radius 2 is 1.85 bits per heavy atom. The molecule has 0 fully saturated rings. The highest BCUT2D eigenvalue weighted by molar-refractivity contribution is 5.22. The number of nitrogens with zero attached hydrogens (tertiary/aromatic N) is 1. The minimum atomic E-state index is 0.707. The lowest BCUT2D eigenvalue weighted by Crippen LogP contribution is -2.20. The fraction of sp³-hybridized carbons (Fsp3) is 0.556. The monoisotopic (exact) mass is 274 g/mol. The van der Waals surface area contributed by atoms with Gasteiger partial charge >= 0.3 is 0 Å². The second kappa shape index (κ2) is 9.73. The molecule has 0 atom stereocenters. The number of benzene rings is 1. The third kappa shape index (κ3) is 7.46. The van der Waals surface area contributed by atoms with Gasteiger partial charge in [0.2, 0.25) is 0 Å². The van der Waals surface area contributed by atoms with Crippen molar-refractivity contribution in [1.82, 2.24) is 10.2 Å². The van der Waals surface area contributed by atoms with E-state index < -0.39 is 0 Å². The van der Waals surface area contributed by atoms with E-state index in [-0.39, 0.29) is 0 Å². The van der Waals surface area contributed by atoms with E-state index in [4.69, 9.17) is 0 Å². The van der Waals surface area contributed by atoms with Gasteiger partial charge in [-0.05, 0) is 50.0 Å². The highest BCUT2D eigenvalue weighted by Crippen LogP contribution is 2.07. The summed E-state index contributed by atoms with van der Waals surface area (Å²) >= 11 is 0. The van der Waals surface area contributed by atoms with Crippen molar-refractivity contribution >= 4 is 0 Å². The average Bonchev–Trinajstić information content (AvgIpc) is 2.41. The zero-order valence-corrected chi connectivity index (χ0v) is 13.4. The van der Waals surface area contributed by atoms with Crippen LogP contribution in [-0.4, -0.2) is 25.0 Å². The lowest BCUT2D eigenvalue weighted by Gasteiger charge is -2.16. The van der Waals surface area contributed by atoms with Crippen LogP contribution in [0.25, 0.3) is 0 Å². The molecule has 0 heterocycles. The number of unbranched alkanes of at least 4 members (excludes halogenated alkanes) is 1. The first-order valence-electron chi connectivity index (χ1n) is 7.69. The summed E-state index contributed by atoms with van der Waals surface area (Å²) in [5.74, 6) is 0.707. The molecule has 0 aromatic heterocycles. The van der Waals surface area contributed by atoms with Gasteiger partial charge in [-0.3, -0.25) is 0 Å². The van der Waals surface area contributed by atoms with E-state index in [9.17, 15) is 0 Å². The van der Waals surface area contributed by atoms with Gasteiger partial charge in [0.25, 0.3) is 0 Å². The molecule has 0 saturated heterocycles. The highest BCUT2D eigenvalue weighted by atomic mass is 15.1. The van der Waals surface area contributed by atoms with Crippen LogP contribution in [0.5, 0.6) is 0 Å². The summed E-state index contributed by atoms with van der Waals surface area (Å²) in [6.07, 6.45) is 4.29. The Bertz CT molecular complexity index is 368. The standard InChI is InChI=1S/C18H30N2/c1-5-6-7-12-20(4)15-18-10-8-17(9-11-18)14-19-13-16(2)3/h5,8-11,16,19H,1,6-7,12-15H2,2-4H3. The zero-order chi connectivity index (χ0) is 14.8. The van der Waals surface area contributed by atoms with E-state index in [0.29, 0.717) is 5.92 Å². The Labute approximate surface area is 124 Å². The van der Waals surface area contributed by atoms with E-state index in [1.165, 1.54) is 17.5 Å². The van der Waals surface area contributed by atoms with Crippen LogP contribution in [0.1, 0.15) is 37.8 Å². The van der Waals surface area contributed by atoms with Crippen molar-refractivity contribution in [1.29, 1.82) is 0 Å². The van der Waals surface area contributed by atoms with Crippen LogP contribution in [0.3, 0.4) is 0 Å². The minimum Gasteiger partial charge on any atom is -0.312 e. The molecule has 0 bridgehead atoms. The maximum absolute atomic E-state index is 3.76. The van der Waals surface area contributed by atoms with Crippen molar-refractivity contribution in [2.24, 2.45) is 5.92 Å². The maximum atomic E-state index is 3.76. The number of allylic oxidation sites excluding steroid dienone is 1. The van der Waals surface area contributed by atoms with Gasteiger partial charge in [0.15, 0.2) is 0 Å². The molecule has 0 unspecified atom stereocenters. The number of hydrogen-bond donors (Lipinski definition) is 1. The van der Waals surface area contributed by atoms with Crippen LogP contribution < -0.4 is 5.32 Å². The molecule has 1 aromatic carbocycles. The topological polar surface area (TPSA) is 15.3 Å². The smallest absolute Gasteiger partial charge is 0.0230 e. The van der Waals surface area contributed by atoms with Gasteiger partial charge in [-0.2, -0.15) is 0 Å². The summed E-state index contributed by atoms with van der Waals surface area (Å²) in [5, 5.41) is 3.48. The predicted octanol–water partition coefficient (Wildman–Crippen LogP) is 3.83. The predicted molar refractivity (Wildman–Crippen MR) is 88.8 cm³/mol. The Hall–Kier alpha value is -1.12. The van der Waals surface area contributed by atoms with E-state index in [2.05, 4.69) is 62.0 Å². The Balaban J connectivity index is 2.32. The van der Waals surface area contributed by atoms with Gasteiger partial charge in [0.05, 0.1) is 0 Å². The molecule has 1 N–H and O–H groups in total. The van der Waals surface area contributed by atoms with E-state index >= 15 is 0 Å². The van der Waals surface area contributed by atoms with Crippen LogP contribution in [0.4, 0.5) is 0 Å². The molecule has 0 spiro atoms. The van der Waals surface area contributed by atoms with Gasteiger partial charge < -0.3 is 10.2 Å². The normalized spacial score (nSPS) is 11.2. The summed E-state index contributed by atoms with van der Waals surface area (Å²) in [7, 11) is 2.18. The second-order valence-electron chi connectivity index (χ2n) is 6.01. The van der Waals surface area contributed by atoms with Gasteiger partial charge in [-0.25, -0.2) is 0 Å². The van der Waals surface area contributed by atoms with Crippen molar-refractivity contribution in [2.45, 2.75) is 39.8 Å².